The number of benzene rings is 3. The topological polar surface area (TPSA) is 26.8 Å². The first-order valence-corrected chi connectivity index (χ1v) is 12.8. The lowest BCUT2D eigenvalue weighted by atomic mass is 9.79. The Hall–Kier alpha value is -2.28. The van der Waals surface area contributed by atoms with Gasteiger partial charge in [-0.25, -0.2) is 0 Å². The minimum absolute atomic E-state index is 0.0119. The van der Waals surface area contributed by atoms with Crippen LogP contribution in [0.3, 0.4) is 0 Å². The van der Waals surface area contributed by atoms with Gasteiger partial charge in [0.2, 0.25) is 5.91 Å². The number of hydrogen-bond donors (Lipinski definition) is 0. The number of thiocarbonyl (C=S) groups is 1. The summed E-state index contributed by atoms with van der Waals surface area (Å²) in [5.74, 6) is 0.0119. The zero-order valence-corrected chi connectivity index (χ0v) is 22.1. The molecule has 180 valence electrons. The van der Waals surface area contributed by atoms with Crippen LogP contribution < -0.4 is 4.90 Å². The summed E-state index contributed by atoms with van der Waals surface area (Å²) in [5, 5.41) is 1.41. The molecule has 2 aliphatic heterocycles. The van der Waals surface area contributed by atoms with E-state index in [9.17, 15) is 4.79 Å². The van der Waals surface area contributed by atoms with E-state index in [4.69, 9.17) is 35.4 Å². The van der Waals surface area contributed by atoms with Gasteiger partial charge in [0.1, 0.15) is 10.7 Å². The lowest BCUT2D eigenvalue weighted by Crippen LogP contribution is -2.64. The van der Waals surface area contributed by atoms with Crippen LogP contribution in [0.5, 0.6) is 0 Å². The normalized spacial score (nSPS) is 19.7. The van der Waals surface area contributed by atoms with Crippen LogP contribution in [-0.4, -0.2) is 39.4 Å². The fraction of sp³-hybridized carbons (Fsp3) is 0.286. The summed E-state index contributed by atoms with van der Waals surface area (Å²) in [5.41, 5.74) is 1.51. The summed E-state index contributed by atoms with van der Waals surface area (Å²) >= 11 is 18.5. The van der Waals surface area contributed by atoms with Gasteiger partial charge in [0, 0.05) is 41.9 Å². The standard InChI is InChI=1S/C28H27Cl2N3OS/c1-27(2)25(34)33(24-6-4-3-5-7-24)26(35)28(27)31(18-20-8-12-22(29)13-9-20)16-17-32(28)19-21-10-14-23(30)15-11-21/h3-15H,16-19H2,1-2H3. The van der Waals surface area contributed by atoms with Crippen molar-refractivity contribution < 1.29 is 4.79 Å². The number of carbonyl (C=O) groups excluding carboxylic acids is 1. The van der Waals surface area contributed by atoms with Crippen molar-refractivity contribution >= 4 is 52.0 Å². The SMILES string of the molecule is CC1(C)C(=O)N(c2ccccc2)C(=S)C12N(Cc1ccc(Cl)cc1)CCN2Cc1ccc(Cl)cc1. The van der Waals surface area contributed by atoms with Crippen LogP contribution in [0.2, 0.25) is 10.0 Å². The molecule has 35 heavy (non-hydrogen) atoms. The Balaban J connectivity index is 1.61. The molecular formula is C28H27Cl2N3OS. The van der Waals surface area contributed by atoms with Gasteiger partial charge in [0.25, 0.3) is 0 Å². The molecule has 0 bridgehead atoms. The zero-order valence-electron chi connectivity index (χ0n) is 19.7. The highest BCUT2D eigenvalue weighted by Crippen LogP contribution is 2.52. The Morgan fingerprint density at radius 3 is 1.69 bits per heavy atom. The van der Waals surface area contributed by atoms with Crippen molar-refractivity contribution in [2.24, 2.45) is 5.41 Å². The molecule has 4 nitrogen and oxygen atoms in total. The minimum atomic E-state index is -0.782. The summed E-state index contributed by atoms with van der Waals surface area (Å²) in [4.78, 5) is 21.1. The van der Waals surface area contributed by atoms with Crippen LogP contribution in [0.15, 0.2) is 78.9 Å². The number of halogens is 2. The van der Waals surface area contributed by atoms with Crippen LogP contribution in [0, 0.1) is 5.41 Å². The molecule has 0 atom stereocenters. The average Bonchev–Trinajstić information content (AvgIpc) is 3.28. The second-order valence-corrected chi connectivity index (χ2v) is 10.9. The molecule has 0 radical (unpaired) electrons. The molecule has 1 amide bonds. The second-order valence-electron chi connectivity index (χ2n) is 9.67. The first-order chi connectivity index (χ1) is 16.7. The number of para-hydroxylation sites is 1. The Bertz CT molecular complexity index is 1190. The van der Waals surface area contributed by atoms with E-state index in [1.54, 1.807) is 4.90 Å². The molecular weight excluding hydrogens is 497 g/mol. The second kappa shape index (κ2) is 9.30. The maximum atomic E-state index is 14.0. The van der Waals surface area contributed by atoms with Crippen molar-refractivity contribution in [2.75, 3.05) is 18.0 Å². The summed E-state index contributed by atoms with van der Waals surface area (Å²) in [6, 6.07) is 25.5. The van der Waals surface area contributed by atoms with E-state index in [1.165, 1.54) is 0 Å². The van der Waals surface area contributed by atoms with E-state index >= 15 is 0 Å². The molecule has 7 heteroatoms. The third kappa shape index (κ3) is 4.00. The largest absolute Gasteiger partial charge is 0.273 e. The number of amides is 1. The molecule has 0 saturated carbocycles. The van der Waals surface area contributed by atoms with E-state index in [0.29, 0.717) is 28.1 Å². The third-order valence-electron chi connectivity index (χ3n) is 7.25. The van der Waals surface area contributed by atoms with E-state index in [-0.39, 0.29) is 5.91 Å². The number of hydrogen-bond acceptors (Lipinski definition) is 4. The smallest absolute Gasteiger partial charge is 0.241 e. The highest BCUT2D eigenvalue weighted by atomic mass is 35.5. The molecule has 0 aromatic heterocycles. The van der Waals surface area contributed by atoms with Gasteiger partial charge < -0.3 is 0 Å². The Morgan fingerprint density at radius 1 is 0.771 bits per heavy atom. The number of anilines is 1. The molecule has 2 heterocycles. The van der Waals surface area contributed by atoms with E-state index in [2.05, 4.69) is 9.80 Å². The van der Waals surface area contributed by atoms with Crippen molar-refractivity contribution in [3.63, 3.8) is 0 Å². The fourth-order valence-electron chi connectivity index (χ4n) is 5.59. The molecule has 5 rings (SSSR count). The summed E-state index contributed by atoms with van der Waals surface area (Å²) in [6.07, 6.45) is 0. The average molecular weight is 525 g/mol. The highest BCUT2D eigenvalue weighted by molar-refractivity contribution is 7.81. The summed E-state index contributed by atoms with van der Waals surface area (Å²) in [7, 11) is 0. The first-order valence-electron chi connectivity index (χ1n) is 11.7. The Labute approximate surface area is 222 Å². The molecule has 2 saturated heterocycles. The van der Waals surface area contributed by atoms with Gasteiger partial charge in [-0.1, -0.05) is 77.9 Å². The van der Waals surface area contributed by atoms with E-state index in [1.807, 2.05) is 92.7 Å². The Morgan fingerprint density at radius 2 is 1.23 bits per heavy atom. The first kappa shape index (κ1) is 24.4. The quantitative estimate of drug-likeness (QED) is 0.361. The van der Waals surface area contributed by atoms with Gasteiger partial charge in [0.05, 0.1) is 5.41 Å². The molecule has 0 N–H and O–H groups in total. The van der Waals surface area contributed by atoms with E-state index < -0.39 is 11.1 Å². The molecule has 1 spiro atoms. The van der Waals surface area contributed by atoms with Crippen LogP contribution in [0.4, 0.5) is 5.69 Å². The lowest BCUT2D eigenvalue weighted by molar-refractivity contribution is -0.132. The molecule has 2 aliphatic rings. The Kier molecular flexibility index (Phi) is 6.49. The summed E-state index contributed by atoms with van der Waals surface area (Å²) < 4.78 is 0. The summed E-state index contributed by atoms with van der Waals surface area (Å²) in [6.45, 7) is 6.95. The fourth-order valence-corrected chi connectivity index (χ4v) is 6.54. The van der Waals surface area contributed by atoms with E-state index in [0.717, 1.165) is 29.9 Å². The van der Waals surface area contributed by atoms with Crippen LogP contribution in [-0.2, 0) is 17.9 Å². The van der Waals surface area contributed by atoms with Gasteiger partial charge in [0.15, 0.2) is 0 Å². The van der Waals surface area contributed by atoms with Crippen molar-refractivity contribution in [1.82, 2.24) is 9.80 Å². The van der Waals surface area contributed by atoms with Crippen LogP contribution in [0.25, 0.3) is 0 Å². The molecule has 3 aromatic rings. The number of rotatable bonds is 5. The predicted molar refractivity (Wildman–Crippen MR) is 147 cm³/mol. The monoisotopic (exact) mass is 523 g/mol. The lowest BCUT2D eigenvalue weighted by Gasteiger charge is -2.47. The van der Waals surface area contributed by atoms with Gasteiger partial charge in [-0.2, -0.15) is 0 Å². The minimum Gasteiger partial charge on any atom is -0.273 e. The van der Waals surface area contributed by atoms with Gasteiger partial charge in [-0.05, 0) is 61.4 Å². The predicted octanol–water partition coefficient (Wildman–Crippen LogP) is 6.41. The van der Waals surface area contributed by atoms with Crippen molar-refractivity contribution in [3.8, 4) is 0 Å². The van der Waals surface area contributed by atoms with Crippen LogP contribution in [0.1, 0.15) is 25.0 Å². The van der Waals surface area contributed by atoms with Crippen molar-refractivity contribution in [2.45, 2.75) is 32.6 Å². The van der Waals surface area contributed by atoms with Crippen molar-refractivity contribution in [1.29, 1.82) is 0 Å². The molecule has 0 aliphatic carbocycles. The van der Waals surface area contributed by atoms with Gasteiger partial charge in [-0.15, -0.1) is 0 Å². The van der Waals surface area contributed by atoms with Gasteiger partial charge in [-0.3, -0.25) is 19.5 Å². The zero-order chi connectivity index (χ0) is 24.8. The van der Waals surface area contributed by atoms with Gasteiger partial charge >= 0.3 is 0 Å². The number of carbonyl (C=O) groups is 1. The molecule has 2 fully saturated rings. The van der Waals surface area contributed by atoms with Crippen LogP contribution >= 0.6 is 35.4 Å². The number of nitrogens with zero attached hydrogens (tertiary/aromatic N) is 3. The molecule has 0 unspecified atom stereocenters. The molecule has 3 aromatic carbocycles. The van der Waals surface area contributed by atoms with Crippen molar-refractivity contribution in [3.05, 3.63) is 100 Å². The maximum absolute atomic E-state index is 14.0. The highest BCUT2D eigenvalue weighted by Gasteiger charge is 2.69. The maximum Gasteiger partial charge on any atom is 0.241 e. The third-order valence-corrected chi connectivity index (χ3v) is 8.22.